The van der Waals surface area contributed by atoms with Crippen LogP contribution in [0.5, 0.6) is 0 Å². The van der Waals surface area contributed by atoms with E-state index in [4.69, 9.17) is 4.74 Å². The van der Waals surface area contributed by atoms with Crippen LogP contribution in [0.2, 0.25) is 0 Å². The number of amides is 3. The number of likely N-dealkylation sites (tertiary alicyclic amines) is 1. The lowest BCUT2D eigenvalue weighted by Gasteiger charge is -2.37. The van der Waals surface area contributed by atoms with Crippen molar-refractivity contribution in [2.45, 2.75) is 25.8 Å². The molecule has 126 valence electrons. The van der Waals surface area contributed by atoms with E-state index in [2.05, 4.69) is 10.6 Å². The summed E-state index contributed by atoms with van der Waals surface area (Å²) in [5, 5.41) is 5.74. The van der Waals surface area contributed by atoms with Crippen LogP contribution < -0.4 is 10.6 Å². The SMILES string of the molecule is COCCNC(=O)[C@@H]1CC[C@@H](C)N(C(=O)Nc2ccccc2)C1. The number of carbonyl (C=O) groups excluding carboxylic acids is 2. The Labute approximate surface area is 137 Å². The van der Waals surface area contributed by atoms with Crippen molar-refractivity contribution < 1.29 is 14.3 Å². The molecule has 1 aliphatic heterocycles. The summed E-state index contributed by atoms with van der Waals surface area (Å²) in [5.74, 6) is -0.170. The van der Waals surface area contributed by atoms with E-state index in [1.54, 1.807) is 12.0 Å². The smallest absolute Gasteiger partial charge is 0.322 e. The first-order chi connectivity index (χ1) is 11.1. The zero-order valence-electron chi connectivity index (χ0n) is 13.7. The summed E-state index contributed by atoms with van der Waals surface area (Å²) in [6.45, 7) is 3.45. The minimum Gasteiger partial charge on any atom is -0.383 e. The zero-order chi connectivity index (χ0) is 16.7. The molecule has 1 aromatic rings. The van der Waals surface area contributed by atoms with Crippen molar-refractivity contribution in [1.29, 1.82) is 0 Å². The lowest BCUT2D eigenvalue weighted by atomic mass is 9.93. The molecule has 0 spiro atoms. The third-order valence-corrected chi connectivity index (χ3v) is 4.14. The molecule has 6 nitrogen and oxygen atoms in total. The number of para-hydroxylation sites is 1. The van der Waals surface area contributed by atoms with Crippen LogP contribution in [0.25, 0.3) is 0 Å². The predicted octanol–water partition coefficient (Wildman–Crippen LogP) is 2.08. The molecule has 2 rings (SSSR count). The van der Waals surface area contributed by atoms with Crippen LogP contribution in [0.15, 0.2) is 30.3 Å². The Morgan fingerprint density at radius 2 is 2.00 bits per heavy atom. The molecule has 1 saturated heterocycles. The van der Waals surface area contributed by atoms with Crippen molar-refractivity contribution in [1.82, 2.24) is 10.2 Å². The van der Waals surface area contributed by atoms with Crippen molar-refractivity contribution >= 4 is 17.6 Å². The van der Waals surface area contributed by atoms with Gasteiger partial charge in [-0.25, -0.2) is 4.79 Å². The predicted molar refractivity (Wildman–Crippen MR) is 89.2 cm³/mol. The van der Waals surface area contributed by atoms with Crippen LogP contribution in [-0.2, 0) is 9.53 Å². The first-order valence-electron chi connectivity index (χ1n) is 8.01. The molecule has 23 heavy (non-hydrogen) atoms. The molecule has 0 radical (unpaired) electrons. The number of hydrogen-bond donors (Lipinski definition) is 2. The van der Waals surface area contributed by atoms with Crippen LogP contribution in [-0.4, -0.2) is 49.7 Å². The van der Waals surface area contributed by atoms with Gasteiger partial charge in [0.1, 0.15) is 0 Å². The highest BCUT2D eigenvalue weighted by molar-refractivity contribution is 5.90. The van der Waals surface area contributed by atoms with Gasteiger partial charge in [-0.15, -0.1) is 0 Å². The number of carbonyl (C=O) groups is 2. The summed E-state index contributed by atoms with van der Waals surface area (Å²) in [4.78, 5) is 26.4. The number of methoxy groups -OCH3 is 1. The Morgan fingerprint density at radius 1 is 1.26 bits per heavy atom. The normalized spacial score (nSPS) is 20.9. The van der Waals surface area contributed by atoms with Gasteiger partial charge >= 0.3 is 6.03 Å². The van der Waals surface area contributed by atoms with Gasteiger partial charge in [0.15, 0.2) is 0 Å². The van der Waals surface area contributed by atoms with E-state index in [1.807, 2.05) is 37.3 Å². The topological polar surface area (TPSA) is 70.7 Å². The fourth-order valence-corrected chi connectivity index (χ4v) is 2.74. The molecule has 0 saturated carbocycles. The summed E-state index contributed by atoms with van der Waals surface area (Å²) < 4.78 is 4.93. The number of benzene rings is 1. The number of piperidine rings is 1. The highest BCUT2D eigenvalue weighted by atomic mass is 16.5. The lowest BCUT2D eigenvalue weighted by Crippen LogP contribution is -2.51. The molecule has 3 amide bonds. The average molecular weight is 319 g/mol. The minimum absolute atomic E-state index is 0.00791. The first kappa shape index (κ1) is 17.3. The van der Waals surface area contributed by atoms with Crippen molar-refractivity contribution in [3.8, 4) is 0 Å². The van der Waals surface area contributed by atoms with Crippen molar-refractivity contribution in [3.05, 3.63) is 30.3 Å². The molecular weight excluding hydrogens is 294 g/mol. The van der Waals surface area contributed by atoms with Gasteiger partial charge in [-0.1, -0.05) is 18.2 Å². The molecule has 2 N–H and O–H groups in total. The average Bonchev–Trinajstić information content (AvgIpc) is 2.56. The number of rotatable bonds is 5. The summed E-state index contributed by atoms with van der Waals surface area (Å²) in [6.07, 6.45) is 1.62. The number of ether oxygens (including phenoxy) is 1. The number of anilines is 1. The zero-order valence-corrected chi connectivity index (χ0v) is 13.7. The van der Waals surface area contributed by atoms with E-state index in [0.717, 1.165) is 18.5 Å². The molecule has 0 bridgehead atoms. The number of nitrogens with one attached hydrogen (secondary N) is 2. The highest BCUT2D eigenvalue weighted by Gasteiger charge is 2.32. The Balaban J connectivity index is 1.92. The van der Waals surface area contributed by atoms with Crippen LogP contribution in [0.1, 0.15) is 19.8 Å². The molecule has 1 aliphatic rings. The van der Waals surface area contributed by atoms with Gasteiger partial charge in [0.25, 0.3) is 0 Å². The highest BCUT2D eigenvalue weighted by Crippen LogP contribution is 2.23. The van der Waals surface area contributed by atoms with Crippen LogP contribution >= 0.6 is 0 Å². The summed E-state index contributed by atoms with van der Waals surface area (Å²) in [7, 11) is 1.60. The summed E-state index contributed by atoms with van der Waals surface area (Å²) >= 11 is 0. The van der Waals surface area contributed by atoms with Gasteiger partial charge in [0.2, 0.25) is 5.91 Å². The van der Waals surface area contributed by atoms with Crippen molar-refractivity contribution in [2.24, 2.45) is 5.92 Å². The monoisotopic (exact) mass is 319 g/mol. The molecule has 6 heteroatoms. The third kappa shape index (κ3) is 4.96. The number of urea groups is 1. The Kier molecular flexibility index (Phi) is 6.40. The van der Waals surface area contributed by atoms with Crippen LogP contribution in [0.4, 0.5) is 10.5 Å². The first-order valence-corrected chi connectivity index (χ1v) is 8.01. The number of hydrogen-bond acceptors (Lipinski definition) is 3. The minimum atomic E-state index is -0.162. The van der Waals surface area contributed by atoms with Crippen molar-refractivity contribution in [2.75, 3.05) is 32.1 Å². The second-order valence-corrected chi connectivity index (χ2v) is 5.86. The van der Waals surface area contributed by atoms with E-state index in [1.165, 1.54) is 0 Å². The van der Waals surface area contributed by atoms with E-state index in [0.29, 0.717) is 19.7 Å². The maximum atomic E-state index is 12.5. The Morgan fingerprint density at radius 3 is 2.70 bits per heavy atom. The molecule has 0 unspecified atom stereocenters. The van der Waals surface area contributed by atoms with Crippen molar-refractivity contribution in [3.63, 3.8) is 0 Å². The van der Waals surface area contributed by atoms with Crippen LogP contribution in [0, 0.1) is 5.92 Å². The van der Waals surface area contributed by atoms with Gasteiger partial charge < -0.3 is 20.3 Å². The molecule has 0 aliphatic carbocycles. The standard InChI is InChI=1S/C17H25N3O3/c1-13-8-9-14(16(21)18-10-11-23-2)12-20(13)17(22)19-15-6-4-3-5-7-15/h3-7,13-14H,8-12H2,1-2H3,(H,18,21)(H,19,22)/t13-,14-/m1/s1. The van der Waals surface area contributed by atoms with E-state index >= 15 is 0 Å². The number of nitrogens with zero attached hydrogens (tertiary/aromatic N) is 1. The second kappa shape index (κ2) is 8.53. The van der Waals surface area contributed by atoms with E-state index < -0.39 is 0 Å². The Hall–Kier alpha value is -2.08. The Bertz CT molecular complexity index is 521. The van der Waals surface area contributed by atoms with Gasteiger partial charge in [-0.3, -0.25) is 4.79 Å². The largest absolute Gasteiger partial charge is 0.383 e. The van der Waals surface area contributed by atoms with E-state index in [9.17, 15) is 9.59 Å². The quantitative estimate of drug-likeness (QED) is 0.816. The lowest BCUT2D eigenvalue weighted by molar-refractivity contribution is -0.126. The van der Waals surface area contributed by atoms with Gasteiger partial charge in [0.05, 0.1) is 12.5 Å². The van der Waals surface area contributed by atoms with Gasteiger partial charge in [-0.05, 0) is 31.9 Å². The summed E-state index contributed by atoms with van der Waals surface area (Å²) in [5.41, 5.74) is 0.761. The van der Waals surface area contributed by atoms with E-state index in [-0.39, 0.29) is 23.9 Å². The molecule has 1 fully saturated rings. The maximum Gasteiger partial charge on any atom is 0.322 e. The third-order valence-electron chi connectivity index (χ3n) is 4.14. The van der Waals surface area contributed by atoms with Gasteiger partial charge in [0, 0.05) is 31.9 Å². The fraction of sp³-hybridized carbons (Fsp3) is 0.529. The second-order valence-electron chi connectivity index (χ2n) is 5.86. The molecule has 1 heterocycles. The van der Waals surface area contributed by atoms with Gasteiger partial charge in [-0.2, -0.15) is 0 Å². The molecule has 1 aromatic carbocycles. The maximum absolute atomic E-state index is 12.5. The molecule has 0 aromatic heterocycles. The molecular formula is C17H25N3O3. The fourth-order valence-electron chi connectivity index (χ4n) is 2.74. The van der Waals surface area contributed by atoms with Crippen LogP contribution in [0.3, 0.4) is 0 Å². The molecule has 2 atom stereocenters. The summed E-state index contributed by atoms with van der Waals surface area (Å²) in [6, 6.07) is 9.32.